The molecular formula is C15H23N3O2S. The van der Waals surface area contributed by atoms with Gasteiger partial charge in [0.05, 0.1) is 10.7 Å². The van der Waals surface area contributed by atoms with Crippen molar-refractivity contribution < 1.29 is 8.42 Å². The Labute approximate surface area is 126 Å². The van der Waals surface area contributed by atoms with Gasteiger partial charge >= 0.3 is 0 Å². The average Bonchev–Trinajstić information content (AvgIpc) is 2.48. The Kier molecular flexibility index (Phi) is 5.00. The van der Waals surface area contributed by atoms with Crippen molar-refractivity contribution in [1.29, 1.82) is 5.41 Å². The molecule has 0 radical (unpaired) electrons. The van der Waals surface area contributed by atoms with Crippen molar-refractivity contribution in [1.82, 2.24) is 4.31 Å². The molecule has 116 valence electrons. The highest BCUT2D eigenvalue weighted by atomic mass is 32.2. The molecule has 21 heavy (non-hydrogen) atoms. The van der Waals surface area contributed by atoms with Gasteiger partial charge < -0.3 is 5.73 Å². The molecule has 0 amide bonds. The summed E-state index contributed by atoms with van der Waals surface area (Å²) < 4.78 is 26.6. The molecule has 1 aromatic carbocycles. The predicted molar refractivity (Wildman–Crippen MR) is 83.8 cm³/mol. The van der Waals surface area contributed by atoms with Gasteiger partial charge in [0.15, 0.2) is 0 Å². The van der Waals surface area contributed by atoms with Gasteiger partial charge in [-0.3, -0.25) is 5.41 Å². The Bertz CT molecular complexity index is 588. The van der Waals surface area contributed by atoms with Crippen LogP contribution in [-0.4, -0.2) is 31.6 Å². The molecule has 0 saturated carbocycles. The monoisotopic (exact) mass is 309 g/mol. The summed E-state index contributed by atoms with van der Waals surface area (Å²) >= 11 is 0. The highest BCUT2D eigenvalue weighted by Crippen LogP contribution is 2.24. The third kappa shape index (κ3) is 3.63. The molecule has 5 nitrogen and oxygen atoms in total. The van der Waals surface area contributed by atoms with Gasteiger partial charge in [0.25, 0.3) is 0 Å². The summed E-state index contributed by atoms with van der Waals surface area (Å²) in [5.74, 6) is 0.180. The van der Waals surface area contributed by atoms with Crippen LogP contribution in [-0.2, 0) is 16.4 Å². The molecule has 0 bridgehead atoms. The van der Waals surface area contributed by atoms with Gasteiger partial charge in [0.1, 0.15) is 0 Å². The Hall–Kier alpha value is -1.40. The number of nitrogens with zero attached hydrogens (tertiary/aromatic N) is 1. The summed E-state index contributed by atoms with van der Waals surface area (Å²) in [7, 11) is -3.42. The molecule has 0 aliphatic carbocycles. The van der Waals surface area contributed by atoms with Crippen LogP contribution in [0.2, 0.25) is 0 Å². The minimum absolute atomic E-state index is 0.0170. The molecular weight excluding hydrogens is 286 g/mol. The van der Waals surface area contributed by atoms with E-state index in [1.807, 2.05) is 12.1 Å². The van der Waals surface area contributed by atoms with Gasteiger partial charge in [-0.15, -0.1) is 0 Å². The molecule has 2 rings (SSSR count). The smallest absolute Gasteiger partial charge is 0.243 e. The third-order valence-corrected chi connectivity index (χ3v) is 5.91. The zero-order valence-electron chi connectivity index (χ0n) is 12.4. The topological polar surface area (TPSA) is 87.2 Å². The molecule has 1 aromatic rings. The minimum Gasteiger partial charge on any atom is -0.387 e. The molecule has 6 heteroatoms. The first-order valence-electron chi connectivity index (χ1n) is 7.38. The fraction of sp³-hybridized carbons (Fsp3) is 0.533. The lowest BCUT2D eigenvalue weighted by molar-refractivity contribution is 0.314. The number of benzene rings is 1. The van der Waals surface area contributed by atoms with Crippen molar-refractivity contribution >= 4 is 15.9 Å². The molecule has 3 N–H and O–H groups in total. The molecule has 1 fully saturated rings. The lowest BCUT2D eigenvalue weighted by atomic mass is 9.97. The maximum atomic E-state index is 12.6. The first kappa shape index (κ1) is 16.0. The lowest BCUT2D eigenvalue weighted by Gasteiger charge is -2.30. The van der Waals surface area contributed by atoms with Crippen molar-refractivity contribution in [3.63, 3.8) is 0 Å². The van der Waals surface area contributed by atoms with Crippen molar-refractivity contribution in [2.45, 2.75) is 37.5 Å². The third-order valence-electron chi connectivity index (χ3n) is 3.99. The standard InChI is InChI=1S/C15H23N3O2S/c1-2-3-12-4-6-14(7-5-12)21(19,20)18-10-8-13(9-11-18)15(16)17/h4-7,13H,2-3,8-11H2,1H3,(H3,16,17). The number of sulfonamides is 1. The van der Waals surface area contributed by atoms with Crippen molar-refractivity contribution in [3.8, 4) is 0 Å². The van der Waals surface area contributed by atoms with E-state index in [4.69, 9.17) is 11.1 Å². The van der Waals surface area contributed by atoms with E-state index in [-0.39, 0.29) is 11.8 Å². The number of nitrogens with one attached hydrogen (secondary N) is 1. The van der Waals surface area contributed by atoms with Crippen molar-refractivity contribution in [2.24, 2.45) is 11.7 Å². The second kappa shape index (κ2) is 6.58. The normalized spacial score (nSPS) is 17.8. The van der Waals surface area contributed by atoms with Crippen LogP contribution in [0.15, 0.2) is 29.2 Å². The number of piperidine rings is 1. The van der Waals surface area contributed by atoms with Gasteiger partial charge in [0.2, 0.25) is 10.0 Å². The van der Waals surface area contributed by atoms with Crippen LogP contribution in [0.3, 0.4) is 0 Å². The molecule has 1 aliphatic rings. The highest BCUT2D eigenvalue weighted by molar-refractivity contribution is 7.89. The van der Waals surface area contributed by atoms with Gasteiger partial charge in [0, 0.05) is 19.0 Å². The molecule has 0 unspecified atom stereocenters. The van der Waals surface area contributed by atoms with Crippen LogP contribution in [0, 0.1) is 11.3 Å². The zero-order chi connectivity index (χ0) is 15.5. The van der Waals surface area contributed by atoms with Gasteiger partial charge in [-0.25, -0.2) is 8.42 Å². The van der Waals surface area contributed by atoms with E-state index in [0.29, 0.717) is 30.8 Å². The quantitative estimate of drug-likeness (QED) is 0.644. The number of hydrogen-bond donors (Lipinski definition) is 2. The Balaban J connectivity index is 2.10. The summed E-state index contributed by atoms with van der Waals surface area (Å²) in [5.41, 5.74) is 6.65. The first-order chi connectivity index (χ1) is 9.95. The van der Waals surface area contributed by atoms with E-state index in [2.05, 4.69) is 6.92 Å². The Morgan fingerprint density at radius 3 is 2.33 bits per heavy atom. The van der Waals surface area contributed by atoms with Crippen LogP contribution in [0.5, 0.6) is 0 Å². The largest absolute Gasteiger partial charge is 0.387 e. The Morgan fingerprint density at radius 1 is 1.29 bits per heavy atom. The van der Waals surface area contributed by atoms with E-state index >= 15 is 0 Å². The zero-order valence-corrected chi connectivity index (χ0v) is 13.2. The minimum atomic E-state index is -3.42. The fourth-order valence-electron chi connectivity index (χ4n) is 2.67. The second-order valence-corrected chi connectivity index (χ2v) is 7.47. The lowest BCUT2D eigenvalue weighted by Crippen LogP contribution is -2.41. The van der Waals surface area contributed by atoms with Crippen LogP contribution >= 0.6 is 0 Å². The molecule has 0 aromatic heterocycles. The van der Waals surface area contributed by atoms with Crippen molar-refractivity contribution in [3.05, 3.63) is 29.8 Å². The molecule has 1 saturated heterocycles. The number of amidine groups is 1. The second-order valence-electron chi connectivity index (χ2n) is 5.53. The maximum absolute atomic E-state index is 12.6. The van der Waals surface area contributed by atoms with E-state index in [0.717, 1.165) is 18.4 Å². The summed E-state index contributed by atoms with van der Waals surface area (Å²) in [6.45, 7) is 2.97. The average molecular weight is 309 g/mol. The van der Waals surface area contributed by atoms with Crippen LogP contribution < -0.4 is 5.73 Å². The molecule has 0 atom stereocenters. The number of hydrogen-bond acceptors (Lipinski definition) is 3. The number of nitrogens with two attached hydrogens (primary N) is 1. The van der Waals surface area contributed by atoms with Gasteiger partial charge in [-0.2, -0.15) is 4.31 Å². The summed E-state index contributed by atoms with van der Waals surface area (Å²) in [5, 5.41) is 7.45. The highest BCUT2D eigenvalue weighted by Gasteiger charge is 2.30. The Morgan fingerprint density at radius 2 is 1.86 bits per heavy atom. The SMILES string of the molecule is CCCc1ccc(S(=O)(=O)N2CCC(C(=N)N)CC2)cc1. The maximum Gasteiger partial charge on any atom is 0.243 e. The van der Waals surface area contributed by atoms with E-state index in [9.17, 15) is 8.42 Å². The van der Waals surface area contributed by atoms with Crippen LogP contribution in [0.4, 0.5) is 0 Å². The summed E-state index contributed by atoms with van der Waals surface area (Å²) in [6.07, 6.45) is 3.26. The predicted octanol–water partition coefficient (Wildman–Crippen LogP) is 1.98. The van der Waals surface area contributed by atoms with Gasteiger partial charge in [-0.1, -0.05) is 25.5 Å². The first-order valence-corrected chi connectivity index (χ1v) is 8.82. The van der Waals surface area contributed by atoms with Crippen LogP contribution in [0.25, 0.3) is 0 Å². The van der Waals surface area contributed by atoms with Crippen molar-refractivity contribution in [2.75, 3.05) is 13.1 Å². The molecule has 1 heterocycles. The number of rotatable bonds is 5. The summed E-state index contributed by atoms with van der Waals surface area (Å²) in [4.78, 5) is 0.351. The van der Waals surface area contributed by atoms with Crippen LogP contribution in [0.1, 0.15) is 31.7 Å². The summed E-state index contributed by atoms with van der Waals surface area (Å²) in [6, 6.07) is 7.16. The fourth-order valence-corrected chi connectivity index (χ4v) is 4.14. The van der Waals surface area contributed by atoms with E-state index in [1.165, 1.54) is 4.31 Å². The van der Waals surface area contributed by atoms with E-state index < -0.39 is 10.0 Å². The van der Waals surface area contributed by atoms with E-state index in [1.54, 1.807) is 12.1 Å². The number of aryl methyl sites for hydroxylation is 1. The molecule has 1 aliphatic heterocycles. The van der Waals surface area contributed by atoms with Gasteiger partial charge in [-0.05, 0) is 37.0 Å². The molecule has 0 spiro atoms.